The van der Waals surface area contributed by atoms with Gasteiger partial charge in [0, 0.05) is 17.8 Å². The quantitative estimate of drug-likeness (QED) is 0.741. The molecule has 14 heavy (non-hydrogen) atoms. The van der Waals surface area contributed by atoms with Crippen molar-refractivity contribution < 1.29 is 0 Å². The third-order valence-corrected chi connectivity index (χ3v) is 3.86. The molecule has 2 nitrogen and oxygen atoms in total. The van der Waals surface area contributed by atoms with E-state index < -0.39 is 0 Å². The van der Waals surface area contributed by atoms with E-state index in [-0.39, 0.29) is 5.54 Å². The van der Waals surface area contributed by atoms with Crippen molar-refractivity contribution in [3.8, 4) is 0 Å². The highest BCUT2D eigenvalue weighted by Crippen LogP contribution is 2.32. The van der Waals surface area contributed by atoms with E-state index in [1.807, 2.05) is 0 Å². The molecule has 3 N–H and O–H groups in total. The second kappa shape index (κ2) is 2.79. The molecule has 0 bridgehead atoms. The molecule has 3 heteroatoms. The predicted octanol–water partition coefficient (Wildman–Crippen LogP) is 1.66. The van der Waals surface area contributed by atoms with Crippen LogP contribution in [0.1, 0.15) is 5.56 Å². The van der Waals surface area contributed by atoms with E-state index in [0.717, 1.165) is 13.1 Å². The Bertz CT molecular complexity index is 471. The van der Waals surface area contributed by atoms with E-state index in [0.29, 0.717) is 0 Å². The van der Waals surface area contributed by atoms with Gasteiger partial charge in [0.1, 0.15) is 0 Å². The molecule has 0 unspecified atom stereocenters. The SMILES string of the molecule is NC1(c2cccc3ccsc23)CNC1. The zero-order valence-electron chi connectivity index (χ0n) is 7.79. The Morgan fingerprint density at radius 2 is 2.14 bits per heavy atom. The summed E-state index contributed by atoms with van der Waals surface area (Å²) in [6.45, 7) is 1.79. The van der Waals surface area contributed by atoms with Crippen molar-refractivity contribution in [1.82, 2.24) is 5.32 Å². The van der Waals surface area contributed by atoms with Crippen molar-refractivity contribution in [2.24, 2.45) is 5.73 Å². The maximum absolute atomic E-state index is 6.29. The molecule has 0 saturated carbocycles. The molecule has 72 valence electrons. The van der Waals surface area contributed by atoms with Crippen LogP contribution in [0.2, 0.25) is 0 Å². The topological polar surface area (TPSA) is 38.0 Å². The molecule has 2 heterocycles. The highest BCUT2D eigenvalue weighted by molar-refractivity contribution is 7.17. The molecule has 1 aliphatic heterocycles. The number of hydrogen-bond acceptors (Lipinski definition) is 3. The van der Waals surface area contributed by atoms with Crippen LogP contribution in [0, 0.1) is 0 Å². The van der Waals surface area contributed by atoms with Crippen molar-refractivity contribution in [3.63, 3.8) is 0 Å². The van der Waals surface area contributed by atoms with Crippen LogP contribution in [-0.4, -0.2) is 13.1 Å². The van der Waals surface area contributed by atoms with Crippen LogP contribution < -0.4 is 11.1 Å². The Balaban J connectivity index is 2.24. The van der Waals surface area contributed by atoms with Crippen LogP contribution in [0.15, 0.2) is 29.6 Å². The summed E-state index contributed by atoms with van der Waals surface area (Å²) in [5.74, 6) is 0. The molecule has 1 saturated heterocycles. The fraction of sp³-hybridized carbons (Fsp3) is 0.273. The second-order valence-corrected chi connectivity index (χ2v) is 4.82. The molecule has 0 aliphatic carbocycles. The fourth-order valence-electron chi connectivity index (χ4n) is 1.97. The molecule has 0 spiro atoms. The van der Waals surface area contributed by atoms with Crippen molar-refractivity contribution in [2.45, 2.75) is 5.54 Å². The first-order chi connectivity index (χ1) is 6.80. The highest BCUT2D eigenvalue weighted by Gasteiger charge is 2.35. The number of rotatable bonds is 1. The number of benzene rings is 1. The van der Waals surface area contributed by atoms with Gasteiger partial charge >= 0.3 is 0 Å². The number of nitrogens with one attached hydrogen (secondary N) is 1. The number of thiophene rings is 1. The summed E-state index contributed by atoms with van der Waals surface area (Å²) >= 11 is 1.78. The van der Waals surface area contributed by atoms with Crippen LogP contribution in [0.25, 0.3) is 10.1 Å². The first-order valence-corrected chi connectivity index (χ1v) is 5.64. The molecule has 1 aromatic carbocycles. The molecule has 0 atom stereocenters. The largest absolute Gasteiger partial charge is 0.319 e. The summed E-state index contributed by atoms with van der Waals surface area (Å²) in [6.07, 6.45) is 0. The summed E-state index contributed by atoms with van der Waals surface area (Å²) in [7, 11) is 0. The van der Waals surface area contributed by atoms with Gasteiger partial charge < -0.3 is 11.1 Å². The molecular weight excluding hydrogens is 192 g/mol. The van der Waals surface area contributed by atoms with E-state index in [2.05, 4.69) is 35.0 Å². The van der Waals surface area contributed by atoms with Crippen LogP contribution in [0.5, 0.6) is 0 Å². The maximum Gasteiger partial charge on any atom is 0.0676 e. The van der Waals surface area contributed by atoms with Gasteiger partial charge in [-0.25, -0.2) is 0 Å². The monoisotopic (exact) mass is 204 g/mol. The lowest BCUT2D eigenvalue weighted by Gasteiger charge is -2.39. The van der Waals surface area contributed by atoms with Gasteiger partial charge in [-0.15, -0.1) is 11.3 Å². The molecule has 3 rings (SSSR count). The van der Waals surface area contributed by atoms with E-state index in [1.165, 1.54) is 15.6 Å². The van der Waals surface area contributed by atoms with Gasteiger partial charge in [0.05, 0.1) is 5.54 Å². The summed E-state index contributed by atoms with van der Waals surface area (Å²) in [5.41, 5.74) is 7.45. The normalized spacial score (nSPS) is 19.5. The third kappa shape index (κ3) is 1.03. The van der Waals surface area contributed by atoms with E-state index >= 15 is 0 Å². The smallest absolute Gasteiger partial charge is 0.0676 e. The Morgan fingerprint density at radius 3 is 2.86 bits per heavy atom. The molecule has 2 aromatic rings. The Kier molecular flexibility index (Phi) is 1.68. The molecular formula is C11H12N2S. The van der Waals surface area contributed by atoms with Gasteiger partial charge in [-0.2, -0.15) is 0 Å². The van der Waals surface area contributed by atoms with Crippen molar-refractivity contribution in [3.05, 3.63) is 35.2 Å². The number of fused-ring (bicyclic) bond motifs is 1. The average Bonchev–Trinajstić information content (AvgIpc) is 2.61. The Morgan fingerprint density at radius 1 is 1.29 bits per heavy atom. The van der Waals surface area contributed by atoms with Crippen LogP contribution in [-0.2, 0) is 5.54 Å². The van der Waals surface area contributed by atoms with Crippen molar-refractivity contribution in [2.75, 3.05) is 13.1 Å². The molecule has 0 amide bonds. The molecule has 1 aromatic heterocycles. The summed E-state index contributed by atoms with van der Waals surface area (Å²) in [6, 6.07) is 8.54. The van der Waals surface area contributed by atoms with E-state index in [1.54, 1.807) is 11.3 Å². The lowest BCUT2D eigenvalue weighted by atomic mass is 9.85. The van der Waals surface area contributed by atoms with Crippen molar-refractivity contribution >= 4 is 21.4 Å². The number of nitrogens with two attached hydrogens (primary N) is 1. The first-order valence-electron chi connectivity index (χ1n) is 4.76. The van der Waals surface area contributed by atoms with Gasteiger partial charge in [-0.3, -0.25) is 0 Å². The van der Waals surface area contributed by atoms with Gasteiger partial charge in [-0.1, -0.05) is 18.2 Å². The molecule has 1 fully saturated rings. The van der Waals surface area contributed by atoms with E-state index in [4.69, 9.17) is 5.73 Å². The second-order valence-electron chi connectivity index (χ2n) is 3.90. The van der Waals surface area contributed by atoms with Crippen LogP contribution >= 0.6 is 11.3 Å². The fourth-order valence-corrected chi connectivity index (χ4v) is 2.99. The van der Waals surface area contributed by atoms with Gasteiger partial charge in [-0.05, 0) is 22.4 Å². The maximum atomic E-state index is 6.29. The summed E-state index contributed by atoms with van der Waals surface area (Å²) < 4.78 is 1.34. The Labute approximate surface area is 86.7 Å². The lowest BCUT2D eigenvalue weighted by molar-refractivity contribution is 0.290. The lowest BCUT2D eigenvalue weighted by Crippen LogP contribution is -2.62. The highest BCUT2D eigenvalue weighted by atomic mass is 32.1. The zero-order chi connectivity index (χ0) is 9.60. The zero-order valence-corrected chi connectivity index (χ0v) is 8.60. The minimum absolute atomic E-state index is 0.135. The summed E-state index contributed by atoms with van der Waals surface area (Å²) in [4.78, 5) is 0. The van der Waals surface area contributed by atoms with Crippen molar-refractivity contribution in [1.29, 1.82) is 0 Å². The standard InChI is InChI=1S/C11H12N2S/c12-11(6-13-7-11)9-3-1-2-8-4-5-14-10(8)9/h1-5,13H,6-7,12H2. The molecule has 0 radical (unpaired) electrons. The van der Waals surface area contributed by atoms with Gasteiger partial charge in [0.15, 0.2) is 0 Å². The van der Waals surface area contributed by atoms with Gasteiger partial charge in [0.2, 0.25) is 0 Å². The minimum atomic E-state index is -0.135. The van der Waals surface area contributed by atoms with E-state index in [9.17, 15) is 0 Å². The number of hydrogen-bond donors (Lipinski definition) is 2. The predicted molar refractivity (Wildman–Crippen MR) is 60.6 cm³/mol. The van der Waals surface area contributed by atoms with Crippen LogP contribution in [0.3, 0.4) is 0 Å². The summed E-state index contributed by atoms with van der Waals surface area (Å²) in [5, 5.41) is 6.67. The van der Waals surface area contributed by atoms with Crippen LogP contribution in [0.4, 0.5) is 0 Å². The third-order valence-electron chi connectivity index (χ3n) is 2.90. The van der Waals surface area contributed by atoms with Gasteiger partial charge in [0.25, 0.3) is 0 Å². The first kappa shape index (κ1) is 8.41. The Hall–Kier alpha value is -0.900. The minimum Gasteiger partial charge on any atom is -0.319 e. The molecule has 1 aliphatic rings. The average molecular weight is 204 g/mol.